The molecular weight excluding hydrogens is 376 g/mol. The van der Waals surface area contributed by atoms with Crippen molar-refractivity contribution in [1.29, 1.82) is 0 Å². The molecule has 4 rings (SSSR count). The molecule has 3 N–H and O–H groups in total. The van der Waals surface area contributed by atoms with Gasteiger partial charge in [-0.1, -0.05) is 37.6 Å². The largest absolute Gasteiger partial charge is 0.472 e. The number of nitrogens with two attached hydrogens (primary N) is 1. The number of aromatic nitrogens is 4. The van der Waals surface area contributed by atoms with Crippen molar-refractivity contribution < 1.29 is 4.74 Å². The number of hydrogen-bond acceptors (Lipinski definition) is 6. The van der Waals surface area contributed by atoms with Crippen LogP contribution in [0.4, 0.5) is 5.82 Å². The summed E-state index contributed by atoms with van der Waals surface area (Å²) < 4.78 is 8.18. The van der Waals surface area contributed by atoms with Gasteiger partial charge >= 0.3 is 0 Å². The van der Waals surface area contributed by atoms with E-state index in [9.17, 15) is 0 Å². The average Bonchev–Trinajstić information content (AvgIpc) is 3.48. The quantitative estimate of drug-likeness (QED) is 0.530. The standard InChI is InChI=1S/C23H32N6O/c1-4-5-9-19-26-20-21(23(30-15(2)3)28-27-22(20)24)29(19)14-17-8-6-7-16(12-17)13-25-18-10-11-18/h6-8,12,15,18,25H,4-5,9-11,13-14H2,1-3H3,(H2,24,27). The minimum Gasteiger partial charge on any atom is -0.472 e. The van der Waals surface area contributed by atoms with Crippen LogP contribution in [0.15, 0.2) is 24.3 Å². The molecule has 1 aliphatic rings. The lowest BCUT2D eigenvalue weighted by molar-refractivity contribution is 0.232. The van der Waals surface area contributed by atoms with Crippen LogP contribution in [-0.4, -0.2) is 31.9 Å². The number of nitrogens with one attached hydrogen (secondary N) is 1. The van der Waals surface area contributed by atoms with Crippen molar-refractivity contribution >= 4 is 16.9 Å². The molecule has 0 saturated heterocycles. The van der Waals surface area contributed by atoms with Crippen molar-refractivity contribution in [2.75, 3.05) is 5.73 Å². The molecule has 160 valence electrons. The van der Waals surface area contributed by atoms with Crippen molar-refractivity contribution in [2.24, 2.45) is 0 Å². The minimum atomic E-state index is -0.00890. The summed E-state index contributed by atoms with van der Waals surface area (Å²) in [5, 5.41) is 11.9. The summed E-state index contributed by atoms with van der Waals surface area (Å²) in [7, 11) is 0. The predicted octanol–water partition coefficient (Wildman–Crippen LogP) is 3.84. The van der Waals surface area contributed by atoms with Crippen molar-refractivity contribution in [2.45, 2.75) is 78.1 Å². The Labute approximate surface area is 178 Å². The summed E-state index contributed by atoms with van der Waals surface area (Å²) in [6.07, 6.45) is 5.63. The van der Waals surface area contributed by atoms with Crippen LogP contribution >= 0.6 is 0 Å². The Hall–Kier alpha value is -2.67. The zero-order chi connectivity index (χ0) is 21.1. The highest BCUT2D eigenvalue weighted by molar-refractivity contribution is 5.88. The van der Waals surface area contributed by atoms with Crippen molar-refractivity contribution in [1.82, 2.24) is 25.1 Å². The van der Waals surface area contributed by atoms with E-state index in [-0.39, 0.29) is 6.10 Å². The van der Waals surface area contributed by atoms with Gasteiger partial charge in [0.1, 0.15) is 16.9 Å². The molecule has 3 aromatic rings. The maximum absolute atomic E-state index is 6.14. The Balaban J connectivity index is 1.71. The SMILES string of the molecule is CCCCc1nc2c(N)nnc(OC(C)C)c2n1Cc1cccc(CNC2CC2)c1. The van der Waals surface area contributed by atoms with E-state index >= 15 is 0 Å². The van der Waals surface area contributed by atoms with E-state index < -0.39 is 0 Å². The van der Waals surface area contributed by atoms with Gasteiger partial charge in [-0.05, 0) is 44.2 Å². The first-order valence-electron chi connectivity index (χ1n) is 11.0. The molecule has 0 atom stereocenters. The fourth-order valence-electron chi connectivity index (χ4n) is 3.66. The molecule has 2 heterocycles. The fraction of sp³-hybridized carbons (Fsp3) is 0.522. The Kier molecular flexibility index (Phi) is 6.18. The van der Waals surface area contributed by atoms with E-state index in [2.05, 4.69) is 51.3 Å². The zero-order valence-corrected chi connectivity index (χ0v) is 18.2. The third kappa shape index (κ3) is 4.73. The second-order valence-electron chi connectivity index (χ2n) is 8.45. The van der Waals surface area contributed by atoms with Gasteiger partial charge in [-0.3, -0.25) is 0 Å². The van der Waals surface area contributed by atoms with Gasteiger partial charge in [-0.2, -0.15) is 0 Å². The monoisotopic (exact) mass is 408 g/mol. The van der Waals surface area contributed by atoms with Crippen LogP contribution in [0.25, 0.3) is 11.0 Å². The number of benzene rings is 1. The summed E-state index contributed by atoms with van der Waals surface area (Å²) in [5.74, 6) is 1.85. The number of anilines is 1. The van der Waals surface area contributed by atoms with Crippen LogP contribution < -0.4 is 15.8 Å². The van der Waals surface area contributed by atoms with Gasteiger partial charge < -0.3 is 20.4 Å². The number of fused-ring (bicyclic) bond motifs is 1. The normalized spacial score (nSPS) is 14.0. The summed E-state index contributed by atoms with van der Waals surface area (Å²) in [4.78, 5) is 4.85. The molecule has 7 heteroatoms. The first-order valence-corrected chi connectivity index (χ1v) is 11.0. The lowest BCUT2D eigenvalue weighted by Gasteiger charge is -2.14. The Morgan fingerprint density at radius 2 is 2.03 bits per heavy atom. The van der Waals surface area contributed by atoms with Crippen LogP contribution in [0.1, 0.15) is 63.4 Å². The van der Waals surface area contributed by atoms with Crippen molar-refractivity contribution in [3.63, 3.8) is 0 Å². The smallest absolute Gasteiger partial charge is 0.260 e. The first-order chi connectivity index (χ1) is 14.5. The van der Waals surface area contributed by atoms with Gasteiger partial charge in [-0.25, -0.2) is 4.98 Å². The van der Waals surface area contributed by atoms with Gasteiger partial charge in [0.2, 0.25) is 0 Å². The number of aryl methyl sites for hydroxylation is 1. The molecule has 0 unspecified atom stereocenters. The number of unbranched alkanes of at least 4 members (excludes halogenated alkanes) is 1. The maximum Gasteiger partial charge on any atom is 0.260 e. The molecule has 1 fully saturated rings. The van der Waals surface area contributed by atoms with Gasteiger partial charge in [0, 0.05) is 25.6 Å². The molecule has 7 nitrogen and oxygen atoms in total. The van der Waals surface area contributed by atoms with Crippen LogP contribution in [0.3, 0.4) is 0 Å². The third-order valence-electron chi connectivity index (χ3n) is 5.35. The molecule has 1 saturated carbocycles. The van der Waals surface area contributed by atoms with Crippen LogP contribution in [0, 0.1) is 0 Å². The van der Waals surface area contributed by atoms with E-state index in [4.69, 9.17) is 15.5 Å². The summed E-state index contributed by atoms with van der Waals surface area (Å²) >= 11 is 0. The number of nitrogen functional groups attached to an aromatic ring is 1. The van der Waals surface area contributed by atoms with E-state index in [1.54, 1.807) is 0 Å². The van der Waals surface area contributed by atoms with Gasteiger partial charge in [0.15, 0.2) is 5.82 Å². The molecule has 0 bridgehead atoms. The molecule has 0 radical (unpaired) electrons. The molecule has 1 aromatic carbocycles. The number of hydrogen-bond donors (Lipinski definition) is 2. The number of nitrogens with zero attached hydrogens (tertiary/aromatic N) is 4. The summed E-state index contributed by atoms with van der Waals surface area (Å²) in [6, 6.07) is 9.44. The van der Waals surface area contributed by atoms with Crippen LogP contribution in [-0.2, 0) is 19.5 Å². The highest BCUT2D eigenvalue weighted by Crippen LogP contribution is 2.29. The molecule has 0 aliphatic heterocycles. The highest BCUT2D eigenvalue weighted by atomic mass is 16.5. The molecule has 0 amide bonds. The fourth-order valence-corrected chi connectivity index (χ4v) is 3.66. The maximum atomic E-state index is 6.14. The lowest BCUT2D eigenvalue weighted by atomic mass is 10.1. The first kappa shape index (κ1) is 20.6. The van der Waals surface area contributed by atoms with Crippen molar-refractivity contribution in [3.05, 3.63) is 41.2 Å². The topological polar surface area (TPSA) is 90.9 Å². The van der Waals surface area contributed by atoms with Crippen molar-refractivity contribution in [3.8, 4) is 5.88 Å². The van der Waals surface area contributed by atoms with Crippen LogP contribution in [0.5, 0.6) is 5.88 Å². The Bertz CT molecular complexity index is 1010. The molecule has 2 aromatic heterocycles. The minimum absolute atomic E-state index is 0.00890. The van der Waals surface area contributed by atoms with Crippen LogP contribution in [0.2, 0.25) is 0 Å². The number of rotatable bonds is 10. The van der Waals surface area contributed by atoms with E-state index in [1.807, 2.05) is 13.8 Å². The molecular formula is C23H32N6O. The van der Waals surface area contributed by atoms with E-state index in [0.717, 1.165) is 37.1 Å². The Morgan fingerprint density at radius 1 is 1.23 bits per heavy atom. The Morgan fingerprint density at radius 3 is 2.77 bits per heavy atom. The predicted molar refractivity (Wildman–Crippen MR) is 120 cm³/mol. The highest BCUT2D eigenvalue weighted by Gasteiger charge is 2.21. The lowest BCUT2D eigenvalue weighted by Crippen LogP contribution is -2.15. The van der Waals surface area contributed by atoms with Gasteiger partial charge in [0.05, 0.1) is 6.10 Å². The van der Waals surface area contributed by atoms with Gasteiger partial charge in [-0.15, -0.1) is 10.2 Å². The number of imidazole rings is 1. The van der Waals surface area contributed by atoms with E-state index in [1.165, 1.54) is 24.0 Å². The molecule has 30 heavy (non-hydrogen) atoms. The van der Waals surface area contributed by atoms with E-state index in [0.29, 0.717) is 29.8 Å². The summed E-state index contributed by atoms with van der Waals surface area (Å²) in [5.41, 5.74) is 10.2. The third-order valence-corrected chi connectivity index (χ3v) is 5.35. The number of ether oxygens (including phenoxy) is 1. The molecule has 1 aliphatic carbocycles. The average molecular weight is 409 g/mol. The summed E-state index contributed by atoms with van der Waals surface area (Å²) in [6.45, 7) is 7.77. The molecule has 0 spiro atoms. The van der Waals surface area contributed by atoms with Gasteiger partial charge in [0.25, 0.3) is 5.88 Å². The zero-order valence-electron chi connectivity index (χ0n) is 18.2. The second-order valence-corrected chi connectivity index (χ2v) is 8.45. The second kappa shape index (κ2) is 9.00.